The van der Waals surface area contributed by atoms with E-state index in [4.69, 9.17) is 16.3 Å². The monoisotopic (exact) mass is 387 g/mol. The second-order valence-corrected chi connectivity index (χ2v) is 8.41. The number of fused-ring (bicyclic) bond motifs is 1. The van der Waals surface area contributed by atoms with Gasteiger partial charge in [-0.2, -0.15) is 0 Å². The highest BCUT2D eigenvalue weighted by Crippen LogP contribution is 2.41. The van der Waals surface area contributed by atoms with Crippen LogP contribution in [0.5, 0.6) is 5.75 Å². The predicted octanol–water partition coefficient (Wildman–Crippen LogP) is 4.90. The second-order valence-electron chi connectivity index (χ2n) is 8.03. The SMILES string of the molecule is COc1ccc2c(c1)CCCC2c1nc(C)nc(NC(=O)C(C)(C)C)c1Cl. The molecule has 144 valence electrons. The summed E-state index contributed by atoms with van der Waals surface area (Å²) in [4.78, 5) is 21.4. The molecule has 0 bridgehead atoms. The van der Waals surface area contributed by atoms with Gasteiger partial charge in [-0.15, -0.1) is 0 Å². The van der Waals surface area contributed by atoms with Gasteiger partial charge in [-0.05, 0) is 49.4 Å². The van der Waals surface area contributed by atoms with Crippen LogP contribution in [-0.4, -0.2) is 23.0 Å². The van der Waals surface area contributed by atoms with E-state index in [1.165, 1.54) is 11.1 Å². The van der Waals surface area contributed by atoms with E-state index in [2.05, 4.69) is 27.4 Å². The summed E-state index contributed by atoms with van der Waals surface area (Å²) in [6, 6.07) is 6.16. The number of hydrogen-bond acceptors (Lipinski definition) is 4. The molecule has 1 heterocycles. The number of aromatic nitrogens is 2. The number of methoxy groups -OCH3 is 1. The van der Waals surface area contributed by atoms with E-state index in [9.17, 15) is 4.79 Å². The van der Waals surface area contributed by atoms with E-state index in [1.807, 2.05) is 33.8 Å². The lowest BCUT2D eigenvalue weighted by Crippen LogP contribution is -2.28. The van der Waals surface area contributed by atoms with Crippen molar-refractivity contribution in [2.45, 2.75) is 52.9 Å². The first-order chi connectivity index (χ1) is 12.7. The molecule has 1 atom stereocenters. The van der Waals surface area contributed by atoms with Crippen molar-refractivity contribution >= 4 is 23.3 Å². The topological polar surface area (TPSA) is 64.1 Å². The van der Waals surface area contributed by atoms with Crippen molar-refractivity contribution < 1.29 is 9.53 Å². The van der Waals surface area contributed by atoms with Crippen LogP contribution in [0.3, 0.4) is 0 Å². The average molecular weight is 388 g/mol. The van der Waals surface area contributed by atoms with Crippen LogP contribution in [0.2, 0.25) is 5.02 Å². The maximum Gasteiger partial charge on any atom is 0.230 e. The molecule has 2 aromatic rings. The molecule has 1 N–H and O–H groups in total. The van der Waals surface area contributed by atoms with Gasteiger partial charge in [0.05, 0.1) is 12.8 Å². The molecule has 0 saturated carbocycles. The van der Waals surface area contributed by atoms with Crippen molar-refractivity contribution in [3.05, 3.63) is 45.9 Å². The zero-order chi connectivity index (χ0) is 19.8. The molecule has 1 aliphatic carbocycles. The van der Waals surface area contributed by atoms with E-state index >= 15 is 0 Å². The number of ether oxygens (including phenoxy) is 1. The lowest BCUT2D eigenvalue weighted by atomic mass is 9.80. The van der Waals surface area contributed by atoms with E-state index in [0.29, 0.717) is 16.7 Å². The van der Waals surface area contributed by atoms with Gasteiger partial charge in [-0.1, -0.05) is 38.4 Å². The maximum atomic E-state index is 12.4. The molecular weight excluding hydrogens is 362 g/mol. The molecule has 0 spiro atoms. The Kier molecular flexibility index (Phi) is 5.43. The number of anilines is 1. The molecule has 1 amide bonds. The van der Waals surface area contributed by atoms with Gasteiger partial charge in [0.1, 0.15) is 16.6 Å². The van der Waals surface area contributed by atoms with Crippen molar-refractivity contribution in [2.24, 2.45) is 5.41 Å². The van der Waals surface area contributed by atoms with Crippen LogP contribution < -0.4 is 10.1 Å². The summed E-state index contributed by atoms with van der Waals surface area (Å²) in [5.74, 6) is 1.80. The number of nitrogens with zero attached hydrogens (tertiary/aromatic N) is 2. The summed E-state index contributed by atoms with van der Waals surface area (Å²) in [6.45, 7) is 7.40. The average Bonchev–Trinajstić information content (AvgIpc) is 2.62. The van der Waals surface area contributed by atoms with E-state index < -0.39 is 5.41 Å². The zero-order valence-corrected chi connectivity index (χ0v) is 17.3. The number of aryl methyl sites for hydroxylation is 2. The van der Waals surface area contributed by atoms with Gasteiger partial charge in [-0.25, -0.2) is 9.97 Å². The van der Waals surface area contributed by atoms with Crippen molar-refractivity contribution in [1.82, 2.24) is 9.97 Å². The van der Waals surface area contributed by atoms with Gasteiger partial charge in [0.25, 0.3) is 0 Å². The highest BCUT2D eigenvalue weighted by atomic mass is 35.5. The van der Waals surface area contributed by atoms with E-state index in [-0.39, 0.29) is 11.8 Å². The van der Waals surface area contributed by atoms with E-state index in [1.54, 1.807) is 7.11 Å². The fourth-order valence-electron chi connectivity index (χ4n) is 3.39. The molecule has 0 saturated heterocycles. The van der Waals surface area contributed by atoms with Gasteiger partial charge in [0, 0.05) is 11.3 Å². The molecule has 0 aliphatic heterocycles. The minimum Gasteiger partial charge on any atom is -0.497 e. The van der Waals surface area contributed by atoms with Crippen molar-refractivity contribution in [1.29, 1.82) is 0 Å². The van der Waals surface area contributed by atoms with Crippen LogP contribution in [-0.2, 0) is 11.2 Å². The first-order valence-corrected chi connectivity index (χ1v) is 9.61. The van der Waals surface area contributed by atoms with Crippen LogP contribution >= 0.6 is 11.6 Å². The lowest BCUT2D eigenvalue weighted by Gasteiger charge is -2.27. The summed E-state index contributed by atoms with van der Waals surface area (Å²) in [5.41, 5.74) is 2.73. The van der Waals surface area contributed by atoms with Crippen molar-refractivity contribution in [2.75, 3.05) is 12.4 Å². The number of hydrogen-bond donors (Lipinski definition) is 1. The molecule has 1 aromatic carbocycles. The number of amides is 1. The maximum absolute atomic E-state index is 12.4. The minimum absolute atomic E-state index is 0.0825. The molecule has 0 fully saturated rings. The Hall–Kier alpha value is -2.14. The van der Waals surface area contributed by atoms with Crippen LogP contribution in [0.1, 0.15) is 62.2 Å². The fourth-order valence-corrected chi connectivity index (χ4v) is 3.65. The van der Waals surface area contributed by atoms with Gasteiger partial charge in [0.2, 0.25) is 5.91 Å². The van der Waals surface area contributed by atoms with Crippen molar-refractivity contribution in [3.8, 4) is 5.75 Å². The smallest absolute Gasteiger partial charge is 0.230 e. The molecule has 1 unspecified atom stereocenters. The Morgan fingerprint density at radius 1 is 1.30 bits per heavy atom. The van der Waals surface area contributed by atoms with Gasteiger partial charge >= 0.3 is 0 Å². The van der Waals surface area contributed by atoms with Crippen molar-refractivity contribution in [3.63, 3.8) is 0 Å². The Morgan fingerprint density at radius 2 is 2.04 bits per heavy atom. The molecule has 1 aromatic heterocycles. The molecule has 6 heteroatoms. The van der Waals surface area contributed by atoms with Gasteiger partial charge < -0.3 is 10.1 Å². The summed E-state index contributed by atoms with van der Waals surface area (Å²) >= 11 is 6.67. The highest BCUT2D eigenvalue weighted by molar-refractivity contribution is 6.34. The number of halogens is 1. The number of nitrogens with one attached hydrogen (secondary N) is 1. The third-order valence-corrected chi connectivity index (χ3v) is 5.27. The van der Waals surface area contributed by atoms with Crippen LogP contribution in [0, 0.1) is 12.3 Å². The molecule has 27 heavy (non-hydrogen) atoms. The summed E-state index contributed by atoms with van der Waals surface area (Å²) in [6.07, 6.45) is 3.02. The number of rotatable bonds is 3. The Labute approximate surface area is 165 Å². The number of carbonyl (C=O) groups excluding carboxylic acids is 1. The Balaban J connectivity index is 2.02. The largest absolute Gasteiger partial charge is 0.497 e. The Morgan fingerprint density at radius 3 is 2.70 bits per heavy atom. The predicted molar refractivity (Wildman–Crippen MR) is 108 cm³/mol. The zero-order valence-electron chi connectivity index (χ0n) is 16.5. The highest BCUT2D eigenvalue weighted by Gasteiger charge is 2.29. The second kappa shape index (κ2) is 7.47. The number of benzene rings is 1. The fraction of sp³-hybridized carbons (Fsp3) is 0.476. The van der Waals surface area contributed by atoms with Crippen LogP contribution in [0.15, 0.2) is 18.2 Å². The standard InChI is InChI=1S/C21H26ClN3O2/c1-12-23-18(17(22)19(24-12)25-20(26)21(2,3)4)16-8-6-7-13-11-14(27-5)9-10-15(13)16/h9-11,16H,6-8H2,1-5H3,(H,23,24,25,26). The normalized spacial score (nSPS) is 16.6. The van der Waals surface area contributed by atoms with Gasteiger partial charge in [0.15, 0.2) is 5.82 Å². The lowest BCUT2D eigenvalue weighted by molar-refractivity contribution is -0.123. The third kappa shape index (κ3) is 4.08. The number of carbonyl (C=O) groups is 1. The first kappa shape index (κ1) is 19.6. The molecule has 1 aliphatic rings. The molecule has 0 radical (unpaired) electrons. The summed E-state index contributed by atoms with van der Waals surface area (Å²) in [7, 11) is 1.68. The summed E-state index contributed by atoms with van der Waals surface area (Å²) < 4.78 is 5.36. The summed E-state index contributed by atoms with van der Waals surface area (Å²) in [5, 5.41) is 3.29. The van der Waals surface area contributed by atoms with Gasteiger partial charge in [-0.3, -0.25) is 4.79 Å². The third-order valence-electron chi connectivity index (χ3n) is 4.90. The molecular formula is C21H26ClN3O2. The Bertz CT molecular complexity index is 874. The quantitative estimate of drug-likeness (QED) is 0.813. The minimum atomic E-state index is -0.531. The molecule has 5 nitrogen and oxygen atoms in total. The first-order valence-electron chi connectivity index (χ1n) is 9.23. The van der Waals surface area contributed by atoms with E-state index in [0.717, 1.165) is 30.7 Å². The van der Waals surface area contributed by atoms with Crippen LogP contribution in [0.4, 0.5) is 5.82 Å². The molecule has 3 rings (SSSR count). The van der Waals surface area contributed by atoms with Crippen LogP contribution in [0.25, 0.3) is 0 Å².